The third-order valence-corrected chi connectivity index (χ3v) is 4.82. The van der Waals surface area contributed by atoms with E-state index in [0.29, 0.717) is 12.2 Å². The van der Waals surface area contributed by atoms with Gasteiger partial charge in [-0.3, -0.25) is 0 Å². The van der Waals surface area contributed by atoms with Crippen LogP contribution in [0.3, 0.4) is 0 Å². The Hall–Kier alpha value is -1.18. The van der Waals surface area contributed by atoms with Crippen LogP contribution < -0.4 is 10.0 Å². The molecular formula is C13H22N4O2S. The molecule has 0 radical (unpaired) electrons. The van der Waals surface area contributed by atoms with E-state index in [0.717, 1.165) is 25.9 Å². The highest BCUT2D eigenvalue weighted by atomic mass is 32.2. The molecule has 0 amide bonds. The smallest absolute Gasteiger partial charge is 0.260 e. The molecular weight excluding hydrogens is 276 g/mol. The number of aromatic nitrogens is 1. The van der Waals surface area contributed by atoms with E-state index in [-0.39, 0.29) is 11.1 Å². The van der Waals surface area contributed by atoms with Gasteiger partial charge < -0.3 is 10.2 Å². The summed E-state index contributed by atoms with van der Waals surface area (Å²) >= 11 is 0. The third-order valence-electron chi connectivity index (χ3n) is 3.34. The van der Waals surface area contributed by atoms with Crippen molar-refractivity contribution in [3.8, 4) is 0 Å². The lowest BCUT2D eigenvalue weighted by molar-refractivity contribution is 0.242. The lowest BCUT2D eigenvalue weighted by atomic mass is 10.1. The molecule has 1 atom stereocenters. The lowest BCUT2D eigenvalue weighted by Crippen LogP contribution is -2.46. The van der Waals surface area contributed by atoms with Crippen molar-refractivity contribution in [2.24, 2.45) is 0 Å². The van der Waals surface area contributed by atoms with E-state index < -0.39 is 10.0 Å². The second-order valence-corrected chi connectivity index (χ2v) is 6.74. The summed E-state index contributed by atoms with van der Waals surface area (Å²) in [4.78, 5) is 6.17. The molecule has 0 spiro atoms. The third kappa shape index (κ3) is 3.68. The average Bonchev–Trinajstić information content (AvgIpc) is 2.39. The average molecular weight is 298 g/mol. The van der Waals surface area contributed by atoms with Gasteiger partial charge in [0.25, 0.3) is 10.0 Å². The van der Waals surface area contributed by atoms with Crippen LogP contribution in [0, 0.1) is 0 Å². The highest BCUT2D eigenvalue weighted by Crippen LogP contribution is 2.19. The molecule has 7 heteroatoms. The zero-order valence-electron chi connectivity index (χ0n) is 12.0. The Labute approximate surface area is 120 Å². The Morgan fingerprint density at radius 3 is 3.00 bits per heavy atom. The number of piperidine rings is 1. The molecule has 1 fully saturated rings. The number of hydrogen-bond acceptors (Lipinski definition) is 5. The van der Waals surface area contributed by atoms with Gasteiger partial charge in [-0.25, -0.2) is 18.1 Å². The van der Waals surface area contributed by atoms with Crippen LogP contribution in [0.15, 0.2) is 23.4 Å². The van der Waals surface area contributed by atoms with E-state index in [4.69, 9.17) is 0 Å². The van der Waals surface area contributed by atoms with E-state index in [1.807, 2.05) is 14.0 Å². The molecule has 20 heavy (non-hydrogen) atoms. The molecule has 1 aliphatic rings. The molecule has 6 nitrogen and oxygen atoms in total. The van der Waals surface area contributed by atoms with Crippen LogP contribution in [0.4, 0.5) is 5.69 Å². The highest BCUT2D eigenvalue weighted by molar-refractivity contribution is 7.89. The van der Waals surface area contributed by atoms with Gasteiger partial charge in [0.05, 0.1) is 5.69 Å². The van der Waals surface area contributed by atoms with Gasteiger partial charge >= 0.3 is 0 Å². The predicted octanol–water partition coefficient (Wildman–Crippen LogP) is 0.886. The summed E-state index contributed by atoms with van der Waals surface area (Å²) in [6, 6.07) is 3.42. The number of nitrogens with zero attached hydrogens (tertiary/aromatic N) is 2. The van der Waals surface area contributed by atoms with Crippen LogP contribution in [0.1, 0.15) is 19.8 Å². The van der Waals surface area contributed by atoms with E-state index in [1.54, 1.807) is 12.1 Å². The SMILES string of the molecule is CCNc1cccnc1S(=O)(=O)NC1CCCN(C)C1. The molecule has 1 aromatic rings. The topological polar surface area (TPSA) is 74.3 Å². The second kappa shape index (κ2) is 6.51. The molecule has 112 valence electrons. The van der Waals surface area contributed by atoms with Gasteiger partial charge in [0.2, 0.25) is 0 Å². The molecule has 2 heterocycles. The maximum absolute atomic E-state index is 12.5. The molecule has 0 aliphatic carbocycles. The van der Waals surface area contributed by atoms with E-state index in [9.17, 15) is 8.42 Å². The van der Waals surface area contributed by atoms with Crippen molar-refractivity contribution in [1.82, 2.24) is 14.6 Å². The van der Waals surface area contributed by atoms with Crippen molar-refractivity contribution in [2.75, 3.05) is 32.0 Å². The molecule has 0 saturated carbocycles. The number of anilines is 1. The standard InChI is InChI=1S/C13H22N4O2S/c1-3-14-12-7-4-8-15-13(12)20(18,19)16-11-6-5-9-17(2)10-11/h4,7-8,11,14,16H,3,5-6,9-10H2,1-2H3. The predicted molar refractivity (Wildman–Crippen MR) is 79.2 cm³/mol. The molecule has 1 saturated heterocycles. The lowest BCUT2D eigenvalue weighted by Gasteiger charge is -2.30. The van der Waals surface area contributed by atoms with Crippen LogP contribution >= 0.6 is 0 Å². The Morgan fingerprint density at radius 1 is 1.50 bits per heavy atom. The Balaban J connectivity index is 2.17. The van der Waals surface area contributed by atoms with E-state index in [2.05, 4.69) is 19.9 Å². The molecule has 2 rings (SSSR count). The minimum absolute atomic E-state index is 0.0461. The van der Waals surface area contributed by atoms with Gasteiger partial charge in [0.15, 0.2) is 5.03 Å². The van der Waals surface area contributed by atoms with Gasteiger partial charge in [0, 0.05) is 25.3 Å². The second-order valence-electron chi connectivity index (χ2n) is 5.11. The minimum Gasteiger partial charge on any atom is -0.383 e. The number of pyridine rings is 1. The van der Waals surface area contributed by atoms with Crippen molar-refractivity contribution >= 4 is 15.7 Å². The number of rotatable bonds is 5. The summed E-state index contributed by atoms with van der Waals surface area (Å²) in [7, 11) is -1.58. The Kier molecular flexibility index (Phi) is 4.95. The largest absolute Gasteiger partial charge is 0.383 e. The van der Waals surface area contributed by atoms with Crippen LogP contribution in [0.2, 0.25) is 0 Å². The molecule has 0 bridgehead atoms. The number of likely N-dealkylation sites (tertiary alicyclic amines) is 1. The number of hydrogen-bond donors (Lipinski definition) is 2. The van der Waals surface area contributed by atoms with Gasteiger partial charge in [-0.2, -0.15) is 0 Å². The zero-order chi connectivity index (χ0) is 14.6. The van der Waals surface area contributed by atoms with Crippen molar-refractivity contribution in [3.63, 3.8) is 0 Å². The maximum Gasteiger partial charge on any atom is 0.260 e. The number of sulfonamides is 1. The molecule has 0 aromatic carbocycles. The Bertz CT molecular complexity index is 547. The first-order chi connectivity index (χ1) is 9.53. The Morgan fingerprint density at radius 2 is 2.30 bits per heavy atom. The van der Waals surface area contributed by atoms with Crippen LogP contribution in [0.5, 0.6) is 0 Å². The zero-order valence-corrected chi connectivity index (χ0v) is 12.8. The van der Waals surface area contributed by atoms with Crippen molar-refractivity contribution in [1.29, 1.82) is 0 Å². The summed E-state index contributed by atoms with van der Waals surface area (Å²) < 4.78 is 27.7. The number of likely N-dealkylation sites (N-methyl/N-ethyl adjacent to an activating group) is 1. The molecule has 2 N–H and O–H groups in total. The minimum atomic E-state index is -3.59. The fourth-order valence-electron chi connectivity index (χ4n) is 2.47. The van der Waals surface area contributed by atoms with Crippen molar-refractivity contribution in [3.05, 3.63) is 18.3 Å². The number of nitrogens with one attached hydrogen (secondary N) is 2. The summed E-state index contributed by atoms with van der Waals surface area (Å²) in [6.07, 6.45) is 3.38. The van der Waals surface area contributed by atoms with Gasteiger partial charge in [-0.15, -0.1) is 0 Å². The molecule has 1 unspecified atom stereocenters. The van der Waals surface area contributed by atoms with E-state index in [1.165, 1.54) is 6.20 Å². The monoisotopic (exact) mass is 298 g/mol. The van der Waals surface area contributed by atoms with Gasteiger partial charge in [-0.05, 0) is 45.5 Å². The summed E-state index contributed by atoms with van der Waals surface area (Å²) in [6.45, 7) is 4.33. The van der Waals surface area contributed by atoms with E-state index >= 15 is 0 Å². The summed E-state index contributed by atoms with van der Waals surface area (Å²) in [5.41, 5.74) is 0.548. The quantitative estimate of drug-likeness (QED) is 0.844. The first-order valence-corrected chi connectivity index (χ1v) is 8.41. The normalized spacial score (nSPS) is 20.8. The molecule has 1 aliphatic heterocycles. The van der Waals surface area contributed by atoms with Crippen molar-refractivity contribution in [2.45, 2.75) is 30.8 Å². The molecule has 1 aromatic heterocycles. The maximum atomic E-state index is 12.5. The van der Waals surface area contributed by atoms with Crippen LogP contribution in [0.25, 0.3) is 0 Å². The van der Waals surface area contributed by atoms with Crippen LogP contribution in [-0.2, 0) is 10.0 Å². The van der Waals surface area contributed by atoms with Crippen molar-refractivity contribution < 1.29 is 8.42 Å². The van der Waals surface area contributed by atoms with Gasteiger partial charge in [-0.1, -0.05) is 0 Å². The summed E-state index contributed by atoms with van der Waals surface area (Å²) in [5, 5.41) is 3.11. The summed E-state index contributed by atoms with van der Waals surface area (Å²) in [5.74, 6) is 0. The first-order valence-electron chi connectivity index (χ1n) is 6.92. The fraction of sp³-hybridized carbons (Fsp3) is 0.615. The fourth-order valence-corrected chi connectivity index (χ4v) is 3.84. The highest BCUT2D eigenvalue weighted by Gasteiger charge is 2.26. The van der Waals surface area contributed by atoms with Gasteiger partial charge in [0.1, 0.15) is 0 Å². The van der Waals surface area contributed by atoms with Crippen LogP contribution in [-0.4, -0.2) is 51.0 Å². The first kappa shape index (κ1) is 15.2.